The molecule has 2 heterocycles. The fourth-order valence-corrected chi connectivity index (χ4v) is 1.97. The molecular weight excluding hydrogens is 218 g/mol. The second-order valence-electron chi connectivity index (χ2n) is 4.55. The molecule has 1 aromatic heterocycles. The molecule has 4 nitrogen and oxygen atoms in total. The van der Waals surface area contributed by atoms with Crippen LogP contribution in [0.25, 0.3) is 0 Å². The van der Waals surface area contributed by atoms with E-state index in [1.165, 1.54) is 5.56 Å². The van der Waals surface area contributed by atoms with Gasteiger partial charge in [0.05, 0.1) is 19.5 Å². The Morgan fingerprint density at radius 2 is 2.12 bits per heavy atom. The van der Waals surface area contributed by atoms with Crippen molar-refractivity contribution in [3.63, 3.8) is 0 Å². The fourth-order valence-electron chi connectivity index (χ4n) is 1.97. The number of furan rings is 1. The smallest absolute Gasteiger partial charge is 0.158 e. The summed E-state index contributed by atoms with van der Waals surface area (Å²) in [5, 5.41) is 0. The van der Waals surface area contributed by atoms with Gasteiger partial charge < -0.3 is 18.8 Å². The maximum atomic E-state index is 5.52. The predicted molar refractivity (Wildman–Crippen MR) is 64.7 cm³/mol. The molecule has 0 spiro atoms. The molecule has 1 aliphatic heterocycles. The molecule has 2 rings (SSSR count). The van der Waals surface area contributed by atoms with Crippen LogP contribution in [0.2, 0.25) is 0 Å². The second-order valence-corrected chi connectivity index (χ2v) is 4.55. The Morgan fingerprint density at radius 1 is 1.35 bits per heavy atom. The molecule has 0 atom stereocenters. The highest BCUT2D eigenvalue weighted by Gasteiger charge is 2.15. The van der Waals surface area contributed by atoms with E-state index in [2.05, 4.69) is 11.9 Å². The first-order chi connectivity index (χ1) is 8.25. The third-order valence-electron chi connectivity index (χ3n) is 3.05. The Hall–Kier alpha value is -0.840. The normalized spacial score (nSPS) is 17.8. The predicted octanol–water partition coefficient (Wildman–Crippen LogP) is 2.17. The monoisotopic (exact) mass is 239 g/mol. The van der Waals surface area contributed by atoms with Gasteiger partial charge in [-0.05, 0) is 26.5 Å². The van der Waals surface area contributed by atoms with Gasteiger partial charge in [0.1, 0.15) is 5.76 Å². The quantitative estimate of drug-likeness (QED) is 0.788. The first kappa shape index (κ1) is 12.6. The molecule has 0 N–H and O–H groups in total. The van der Waals surface area contributed by atoms with Gasteiger partial charge in [0.25, 0.3) is 0 Å². The Morgan fingerprint density at radius 3 is 2.76 bits per heavy atom. The zero-order valence-corrected chi connectivity index (χ0v) is 10.6. The van der Waals surface area contributed by atoms with Crippen molar-refractivity contribution in [2.24, 2.45) is 0 Å². The Balaban J connectivity index is 1.70. The first-order valence-electron chi connectivity index (χ1n) is 6.20. The number of nitrogens with zero attached hydrogens (tertiary/aromatic N) is 1. The standard InChI is InChI=1S/C13H21NO3/c1-11-12(5-9-15-11)10-14(2)6-4-13-16-7-3-8-17-13/h5,9,13H,3-4,6-8,10H2,1-2H3. The minimum atomic E-state index is -0.0170. The van der Waals surface area contributed by atoms with Crippen LogP contribution in [-0.4, -0.2) is 38.0 Å². The lowest BCUT2D eigenvalue weighted by atomic mass is 10.2. The highest BCUT2D eigenvalue weighted by Crippen LogP contribution is 2.13. The summed E-state index contributed by atoms with van der Waals surface area (Å²) in [5.41, 5.74) is 1.25. The van der Waals surface area contributed by atoms with Crippen LogP contribution < -0.4 is 0 Å². The van der Waals surface area contributed by atoms with E-state index < -0.39 is 0 Å². The maximum absolute atomic E-state index is 5.52. The highest BCUT2D eigenvalue weighted by molar-refractivity contribution is 5.14. The summed E-state index contributed by atoms with van der Waals surface area (Å²) in [6, 6.07) is 2.03. The van der Waals surface area contributed by atoms with E-state index in [1.54, 1.807) is 6.26 Å². The van der Waals surface area contributed by atoms with E-state index in [0.29, 0.717) is 0 Å². The first-order valence-corrected chi connectivity index (χ1v) is 6.20. The van der Waals surface area contributed by atoms with Gasteiger partial charge >= 0.3 is 0 Å². The van der Waals surface area contributed by atoms with Gasteiger partial charge in [-0.2, -0.15) is 0 Å². The van der Waals surface area contributed by atoms with Crippen LogP contribution in [0.1, 0.15) is 24.2 Å². The molecule has 0 aliphatic carbocycles. The summed E-state index contributed by atoms with van der Waals surface area (Å²) in [5.74, 6) is 1.00. The van der Waals surface area contributed by atoms with Gasteiger partial charge in [-0.15, -0.1) is 0 Å². The molecule has 1 fully saturated rings. The zero-order valence-electron chi connectivity index (χ0n) is 10.6. The number of hydrogen-bond donors (Lipinski definition) is 0. The molecule has 0 amide bonds. The van der Waals surface area contributed by atoms with E-state index in [0.717, 1.165) is 44.9 Å². The van der Waals surface area contributed by atoms with Crippen LogP contribution in [0, 0.1) is 6.92 Å². The van der Waals surface area contributed by atoms with Gasteiger partial charge in [-0.3, -0.25) is 0 Å². The molecule has 0 aromatic carbocycles. The molecule has 4 heteroatoms. The Bertz CT molecular complexity index is 331. The summed E-state index contributed by atoms with van der Waals surface area (Å²) in [6.45, 7) is 5.53. The SMILES string of the molecule is Cc1occc1CN(C)CCC1OCCCO1. The van der Waals surface area contributed by atoms with Crippen molar-refractivity contribution < 1.29 is 13.9 Å². The zero-order chi connectivity index (χ0) is 12.1. The van der Waals surface area contributed by atoms with Crippen LogP contribution in [-0.2, 0) is 16.0 Å². The lowest BCUT2D eigenvalue weighted by Gasteiger charge is -2.25. The summed E-state index contributed by atoms with van der Waals surface area (Å²) in [6.07, 6.45) is 3.66. The number of ether oxygens (including phenoxy) is 2. The summed E-state index contributed by atoms with van der Waals surface area (Å²) < 4.78 is 16.3. The van der Waals surface area contributed by atoms with Crippen molar-refractivity contribution in [3.05, 3.63) is 23.7 Å². The van der Waals surface area contributed by atoms with Crippen molar-refractivity contribution in [3.8, 4) is 0 Å². The van der Waals surface area contributed by atoms with Crippen molar-refractivity contribution in [2.45, 2.75) is 32.6 Å². The number of hydrogen-bond acceptors (Lipinski definition) is 4. The van der Waals surface area contributed by atoms with E-state index in [1.807, 2.05) is 13.0 Å². The lowest BCUT2D eigenvalue weighted by Crippen LogP contribution is -2.29. The number of aryl methyl sites for hydroxylation is 1. The summed E-state index contributed by atoms with van der Waals surface area (Å²) in [7, 11) is 2.11. The van der Waals surface area contributed by atoms with Crippen molar-refractivity contribution in [2.75, 3.05) is 26.8 Å². The molecule has 0 bridgehead atoms. The third-order valence-corrected chi connectivity index (χ3v) is 3.05. The van der Waals surface area contributed by atoms with E-state index >= 15 is 0 Å². The van der Waals surface area contributed by atoms with Gasteiger partial charge in [-0.25, -0.2) is 0 Å². The second kappa shape index (κ2) is 6.19. The summed E-state index contributed by atoms with van der Waals surface area (Å²) in [4.78, 5) is 2.26. The largest absolute Gasteiger partial charge is 0.469 e. The minimum absolute atomic E-state index is 0.0170. The van der Waals surface area contributed by atoms with Gasteiger partial charge in [0, 0.05) is 25.1 Å². The van der Waals surface area contributed by atoms with Crippen LogP contribution in [0.3, 0.4) is 0 Å². The molecule has 17 heavy (non-hydrogen) atoms. The van der Waals surface area contributed by atoms with Crippen LogP contribution in [0.5, 0.6) is 0 Å². The topological polar surface area (TPSA) is 34.8 Å². The fraction of sp³-hybridized carbons (Fsp3) is 0.692. The summed E-state index contributed by atoms with van der Waals surface area (Å²) >= 11 is 0. The van der Waals surface area contributed by atoms with Crippen LogP contribution in [0.15, 0.2) is 16.7 Å². The van der Waals surface area contributed by atoms with Crippen molar-refractivity contribution in [1.29, 1.82) is 0 Å². The van der Waals surface area contributed by atoms with Gasteiger partial charge in [0.15, 0.2) is 6.29 Å². The Labute approximate surface area is 102 Å². The Kier molecular flexibility index (Phi) is 4.59. The van der Waals surface area contributed by atoms with E-state index in [4.69, 9.17) is 13.9 Å². The lowest BCUT2D eigenvalue weighted by molar-refractivity contribution is -0.182. The molecule has 1 saturated heterocycles. The molecule has 0 saturated carbocycles. The highest BCUT2D eigenvalue weighted by atomic mass is 16.7. The maximum Gasteiger partial charge on any atom is 0.158 e. The minimum Gasteiger partial charge on any atom is -0.469 e. The average molecular weight is 239 g/mol. The molecule has 96 valence electrons. The van der Waals surface area contributed by atoms with Crippen LogP contribution in [0.4, 0.5) is 0 Å². The molecule has 1 aliphatic rings. The van der Waals surface area contributed by atoms with E-state index in [-0.39, 0.29) is 6.29 Å². The number of rotatable bonds is 5. The van der Waals surface area contributed by atoms with E-state index in [9.17, 15) is 0 Å². The van der Waals surface area contributed by atoms with Crippen molar-refractivity contribution in [1.82, 2.24) is 4.90 Å². The van der Waals surface area contributed by atoms with Crippen molar-refractivity contribution >= 4 is 0 Å². The van der Waals surface area contributed by atoms with Gasteiger partial charge in [0.2, 0.25) is 0 Å². The molecule has 1 aromatic rings. The molecule has 0 radical (unpaired) electrons. The van der Waals surface area contributed by atoms with Gasteiger partial charge in [-0.1, -0.05) is 0 Å². The molecular formula is C13H21NO3. The average Bonchev–Trinajstić information content (AvgIpc) is 2.74. The third kappa shape index (κ3) is 3.84. The molecule has 0 unspecified atom stereocenters. The van der Waals surface area contributed by atoms with Crippen LogP contribution >= 0.6 is 0 Å².